The normalized spacial score (nSPS) is 12.6. The van der Waals surface area contributed by atoms with E-state index in [0.29, 0.717) is 51.9 Å². The lowest BCUT2D eigenvalue weighted by atomic mass is 10.2. The number of benzene rings is 2. The fourth-order valence-electron chi connectivity index (χ4n) is 2.54. The molecule has 0 N–H and O–H groups in total. The van der Waals surface area contributed by atoms with Crippen LogP contribution in [0.4, 0.5) is 11.4 Å². The van der Waals surface area contributed by atoms with E-state index in [2.05, 4.69) is 15.9 Å². The molecule has 0 bridgehead atoms. The minimum Gasteiger partial charge on any atom is -0.494 e. The maximum absolute atomic E-state index is 12.5. The molecule has 0 spiro atoms. The second kappa shape index (κ2) is 7.72. The minimum atomic E-state index is -0.186. The van der Waals surface area contributed by atoms with E-state index in [-0.39, 0.29) is 11.2 Å². The Morgan fingerprint density at radius 3 is 2.36 bits per heavy atom. The summed E-state index contributed by atoms with van der Waals surface area (Å²) in [4.78, 5) is 14.1. The zero-order valence-electron chi connectivity index (χ0n) is 13.2. The number of carbonyl (C=O) groups is 1. The third kappa shape index (κ3) is 3.66. The average Bonchev–Trinajstić information content (AvgIpc) is 2.61. The maximum atomic E-state index is 12.5. The van der Waals surface area contributed by atoms with Crippen molar-refractivity contribution < 1.29 is 19.0 Å². The Bertz CT molecular complexity index is 792. The molecule has 25 heavy (non-hydrogen) atoms. The van der Waals surface area contributed by atoms with Crippen molar-refractivity contribution in [1.82, 2.24) is 0 Å². The Balaban J connectivity index is 2.08. The average molecular weight is 447 g/mol. The number of methoxy groups -OCH3 is 1. The van der Waals surface area contributed by atoms with Gasteiger partial charge in [-0.05, 0) is 24.3 Å². The molecule has 0 saturated heterocycles. The van der Waals surface area contributed by atoms with E-state index in [1.54, 1.807) is 30.3 Å². The predicted molar refractivity (Wildman–Crippen MR) is 101 cm³/mol. The Kier molecular flexibility index (Phi) is 5.61. The second-order valence-corrected chi connectivity index (χ2v) is 6.51. The van der Waals surface area contributed by atoms with E-state index in [4.69, 9.17) is 37.4 Å². The van der Waals surface area contributed by atoms with Crippen LogP contribution >= 0.6 is 39.1 Å². The van der Waals surface area contributed by atoms with Crippen molar-refractivity contribution >= 4 is 56.4 Å². The molecular weight excluding hydrogens is 433 g/mol. The predicted octanol–water partition coefficient (Wildman–Crippen LogP) is 4.83. The summed E-state index contributed by atoms with van der Waals surface area (Å²) < 4.78 is 16.3. The number of nitrogens with zero attached hydrogens (tertiary/aromatic N) is 1. The van der Waals surface area contributed by atoms with Crippen molar-refractivity contribution in [3.8, 4) is 17.2 Å². The number of fused-ring (bicyclic) bond motifs is 1. The van der Waals surface area contributed by atoms with Gasteiger partial charge < -0.3 is 14.2 Å². The van der Waals surface area contributed by atoms with E-state index in [9.17, 15) is 4.79 Å². The quantitative estimate of drug-likeness (QED) is 0.631. The Labute approximate surface area is 163 Å². The highest BCUT2D eigenvalue weighted by atomic mass is 79.9. The van der Waals surface area contributed by atoms with Crippen LogP contribution in [0.1, 0.15) is 0 Å². The molecule has 0 atom stereocenters. The molecular formula is C17H14BrCl2NO4. The highest BCUT2D eigenvalue weighted by molar-refractivity contribution is 9.09. The minimum absolute atomic E-state index is 0.128. The van der Waals surface area contributed by atoms with E-state index >= 15 is 0 Å². The van der Waals surface area contributed by atoms with Crippen LogP contribution in [0.3, 0.4) is 0 Å². The summed E-state index contributed by atoms with van der Waals surface area (Å²) in [5, 5.41) is 0.757. The van der Waals surface area contributed by atoms with Gasteiger partial charge in [0.2, 0.25) is 5.91 Å². The van der Waals surface area contributed by atoms with Crippen molar-refractivity contribution in [3.63, 3.8) is 0 Å². The number of amides is 1. The molecule has 3 rings (SSSR count). The van der Waals surface area contributed by atoms with Crippen molar-refractivity contribution in [2.75, 3.05) is 30.6 Å². The van der Waals surface area contributed by atoms with Crippen molar-refractivity contribution in [1.29, 1.82) is 0 Å². The SMILES string of the molecule is COc1c(Cl)cc(N(C(=O)CBr)c2ccc3c(c2)OCCO3)cc1Cl. The maximum Gasteiger partial charge on any atom is 0.242 e. The zero-order valence-corrected chi connectivity index (χ0v) is 16.3. The second-order valence-electron chi connectivity index (χ2n) is 5.13. The Hall–Kier alpha value is -1.63. The Morgan fingerprint density at radius 2 is 1.76 bits per heavy atom. The van der Waals surface area contributed by atoms with Crippen LogP contribution in [0.2, 0.25) is 10.0 Å². The van der Waals surface area contributed by atoms with Crippen LogP contribution < -0.4 is 19.1 Å². The summed E-state index contributed by atoms with van der Waals surface area (Å²) >= 11 is 15.7. The smallest absolute Gasteiger partial charge is 0.242 e. The molecule has 8 heteroatoms. The first-order chi connectivity index (χ1) is 12.0. The van der Waals surface area contributed by atoms with Gasteiger partial charge in [0, 0.05) is 6.07 Å². The zero-order chi connectivity index (χ0) is 18.0. The molecule has 5 nitrogen and oxygen atoms in total. The fraction of sp³-hybridized carbons (Fsp3) is 0.235. The summed E-state index contributed by atoms with van der Waals surface area (Å²) in [6.07, 6.45) is 0. The summed E-state index contributed by atoms with van der Waals surface area (Å²) in [5.41, 5.74) is 1.14. The molecule has 132 valence electrons. The van der Waals surface area contributed by atoms with Gasteiger partial charge in [0.15, 0.2) is 17.2 Å². The van der Waals surface area contributed by atoms with Gasteiger partial charge in [0.05, 0.1) is 33.9 Å². The molecule has 1 aliphatic heterocycles. The van der Waals surface area contributed by atoms with Crippen LogP contribution in [0.25, 0.3) is 0 Å². The summed E-state index contributed by atoms with van der Waals surface area (Å²) in [7, 11) is 1.48. The number of rotatable bonds is 4. The lowest BCUT2D eigenvalue weighted by Crippen LogP contribution is -2.27. The molecule has 0 aromatic heterocycles. The summed E-state index contributed by atoms with van der Waals surface area (Å²) in [6, 6.07) is 8.56. The highest BCUT2D eigenvalue weighted by Gasteiger charge is 2.22. The molecule has 0 radical (unpaired) electrons. The first-order valence-corrected chi connectivity index (χ1v) is 9.24. The third-order valence-corrected chi connectivity index (χ3v) is 4.63. The molecule has 0 aliphatic carbocycles. The number of alkyl halides is 1. The monoisotopic (exact) mass is 445 g/mol. The van der Waals surface area contributed by atoms with Crippen LogP contribution in [-0.4, -0.2) is 31.6 Å². The van der Waals surface area contributed by atoms with Gasteiger partial charge in [-0.15, -0.1) is 0 Å². The first-order valence-electron chi connectivity index (χ1n) is 7.36. The summed E-state index contributed by atoms with van der Waals surface area (Å²) in [5.74, 6) is 1.41. The molecule has 0 fully saturated rings. The van der Waals surface area contributed by atoms with Gasteiger partial charge in [0.25, 0.3) is 0 Å². The van der Waals surface area contributed by atoms with Gasteiger partial charge >= 0.3 is 0 Å². The van der Waals surface area contributed by atoms with Gasteiger partial charge in [-0.1, -0.05) is 39.1 Å². The van der Waals surface area contributed by atoms with Gasteiger partial charge in [-0.2, -0.15) is 0 Å². The van der Waals surface area contributed by atoms with Gasteiger partial charge in [-0.3, -0.25) is 9.69 Å². The molecule has 0 saturated carbocycles. The topological polar surface area (TPSA) is 48.0 Å². The first kappa shape index (κ1) is 18.2. The van der Waals surface area contributed by atoms with Gasteiger partial charge in [0.1, 0.15) is 13.2 Å². The molecule has 0 unspecified atom stereocenters. The van der Waals surface area contributed by atoms with E-state index in [1.165, 1.54) is 12.0 Å². The number of carbonyl (C=O) groups excluding carboxylic acids is 1. The number of hydrogen-bond donors (Lipinski definition) is 0. The lowest BCUT2D eigenvalue weighted by molar-refractivity contribution is -0.115. The molecule has 1 amide bonds. The molecule has 1 heterocycles. The number of hydrogen-bond acceptors (Lipinski definition) is 4. The van der Waals surface area contributed by atoms with Crippen LogP contribution in [0.15, 0.2) is 30.3 Å². The van der Waals surface area contributed by atoms with E-state index < -0.39 is 0 Å². The number of anilines is 2. The number of ether oxygens (including phenoxy) is 3. The van der Waals surface area contributed by atoms with Crippen molar-refractivity contribution in [2.45, 2.75) is 0 Å². The van der Waals surface area contributed by atoms with Crippen LogP contribution in [0.5, 0.6) is 17.2 Å². The molecule has 2 aromatic carbocycles. The third-order valence-electron chi connectivity index (χ3n) is 3.59. The van der Waals surface area contributed by atoms with Crippen LogP contribution in [0, 0.1) is 0 Å². The highest BCUT2D eigenvalue weighted by Crippen LogP contribution is 2.41. The fourth-order valence-corrected chi connectivity index (χ4v) is 3.42. The van der Waals surface area contributed by atoms with Crippen molar-refractivity contribution in [2.24, 2.45) is 0 Å². The van der Waals surface area contributed by atoms with Crippen molar-refractivity contribution in [3.05, 3.63) is 40.4 Å². The largest absolute Gasteiger partial charge is 0.494 e. The lowest BCUT2D eigenvalue weighted by Gasteiger charge is -2.25. The number of halogens is 3. The van der Waals surface area contributed by atoms with E-state index in [1.807, 2.05) is 0 Å². The molecule has 2 aromatic rings. The van der Waals surface area contributed by atoms with Crippen LogP contribution in [-0.2, 0) is 4.79 Å². The summed E-state index contributed by atoms with van der Waals surface area (Å²) in [6.45, 7) is 0.961. The standard InChI is InChI=1S/C17H14BrCl2NO4/c1-23-17-12(19)6-11(7-13(17)20)21(16(22)9-18)10-2-3-14-15(8-10)25-5-4-24-14/h2-3,6-8H,4-5,9H2,1H3. The molecule has 1 aliphatic rings. The van der Waals surface area contributed by atoms with Gasteiger partial charge in [-0.25, -0.2) is 0 Å². The Morgan fingerprint density at radius 1 is 1.12 bits per heavy atom. The van der Waals surface area contributed by atoms with E-state index in [0.717, 1.165) is 0 Å².